The van der Waals surface area contributed by atoms with Crippen LogP contribution in [0.3, 0.4) is 0 Å². The number of methoxy groups -OCH3 is 1. The molecule has 3 amide bonds. The smallest absolute Gasteiger partial charge is 0.321 e. The number of imide groups is 1. The Balaban J connectivity index is 2.10. The van der Waals surface area contributed by atoms with Crippen LogP contribution in [0.5, 0.6) is 5.75 Å². The number of nitrogens with zero attached hydrogens (tertiary/aromatic N) is 1. The van der Waals surface area contributed by atoms with Crippen LogP contribution in [-0.2, 0) is 15.3 Å². The first-order chi connectivity index (χ1) is 14.4. The number of amides is 3. The molecule has 9 heteroatoms. The van der Waals surface area contributed by atoms with Crippen molar-refractivity contribution < 1.29 is 22.7 Å². The lowest BCUT2D eigenvalue weighted by molar-refractivity contribution is -0.121. The third-order valence-electron chi connectivity index (χ3n) is 5.15. The molecular weight excluding hydrogens is 406 g/mol. The fraction of sp³-hybridized carbons (Fsp3) is 0.619. The number of hydrogen-bond acceptors (Lipinski definition) is 6. The van der Waals surface area contributed by atoms with E-state index in [1.807, 2.05) is 0 Å². The summed E-state index contributed by atoms with van der Waals surface area (Å²) in [6.45, 7) is 2.08. The van der Waals surface area contributed by atoms with E-state index >= 15 is 0 Å². The van der Waals surface area contributed by atoms with Crippen molar-refractivity contribution in [1.82, 2.24) is 10.6 Å². The predicted octanol–water partition coefficient (Wildman–Crippen LogP) is 3.56. The molecule has 2 atom stereocenters. The highest BCUT2D eigenvalue weighted by atomic mass is 32.2. The van der Waals surface area contributed by atoms with Gasteiger partial charge in [-0.15, -0.1) is 0 Å². The minimum absolute atomic E-state index is 0.144. The molecule has 0 heterocycles. The largest absolute Gasteiger partial charge is 0.497 e. The van der Waals surface area contributed by atoms with Crippen molar-refractivity contribution in [1.29, 1.82) is 0 Å². The van der Waals surface area contributed by atoms with Gasteiger partial charge in [0.25, 0.3) is 0 Å². The van der Waals surface area contributed by atoms with Crippen LogP contribution in [0.1, 0.15) is 69.8 Å². The maximum Gasteiger partial charge on any atom is 0.321 e. The Bertz CT molecular complexity index is 827. The lowest BCUT2D eigenvalue weighted by Gasteiger charge is -2.19. The quantitative estimate of drug-likeness (QED) is 0.485. The summed E-state index contributed by atoms with van der Waals surface area (Å²) < 4.78 is 31.2. The second-order valence-electron chi connectivity index (χ2n) is 7.61. The average molecular weight is 438 g/mol. The first kappa shape index (κ1) is 23.9. The van der Waals surface area contributed by atoms with E-state index in [1.165, 1.54) is 0 Å². The van der Waals surface area contributed by atoms with Gasteiger partial charge in [0.1, 0.15) is 5.75 Å². The third kappa shape index (κ3) is 8.52. The number of benzene rings is 1. The molecule has 0 bridgehead atoms. The van der Waals surface area contributed by atoms with E-state index in [4.69, 9.17) is 4.74 Å². The van der Waals surface area contributed by atoms with Gasteiger partial charge in [0, 0.05) is 6.04 Å². The molecule has 166 valence electrons. The zero-order valence-electron chi connectivity index (χ0n) is 17.6. The molecule has 1 saturated carbocycles. The van der Waals surface area contributed by atoms with Gasteiger partial charge in [-0.05, 0) is 49.8 Å². The highest BCUT2D eigenvalue weighted by molar-refractivity contribution is 7.61. The summed E-state index contributed by atoms with van der Waals surface area (Å²) in [4.78, 5) is 24.9. The van der Waals surface area contributed by atoms with Crippen LogP contribution in [0.25, 0.3) is 0 Å². The Kier molecular flexibility index (Phi) is 9.79. The first-order valence-electron chi connectivity index (χ1n) is 10.5. The molecule has 1 aromatic rings. The molecule has 0 aromatic heterocycles. The van der Waals surface area contributed by atoms with Crippen LogP contribution in [0, 0.1) is 0 Å². The molecule has 0 spiro atoms. The van der Waals surface area contributed by atoms with E-state index in [1.54, 1.807) is 31.4 Å². The fourth-order valence-electron chi connectivity index (χ4n) is 3.29. The van der Waals surface area contributed by atoms with Crippen LogP contribution in [-0.4, -0.2) is 39.5 Å². The van der Waals surface area contributed by atoms with Gasteiger partial charge in [0.2, 0.25) is 5.91 Å². The monoisotopic (exact) mass is 437 g/mol. The summed E-state index contributed by atoms with van der Waals surface area (Å²) >= 11 is 0. The minimum atomic E-state index is -2.49. The molecule has 8 nitrogen and oxygen atoms in total. The van der Waals surface area contributed by atoms with Crippen LogP contribution >= 0.6 is 0 Å². The van der Waals surface area contributed by atoms with Gasteiger partial charge >= 0.3 is 16.5 Å². The maximum absolute atomic E-state index is 12.9. The number of hydrogen-bond donors (Lipinski definition) is 2. The van der Waals surface area contributed by atoms with E-state index < -0.39 is 28.4 Å². The molecular formula is C21H31N3O5S. The van der Waals surface area contributed by atoms with Crippen LogP contribution in [0.15, 0.2) is 28.6 Å². The number of carbonyl (C=O) groups excluding carboxylic acids is 2. The van der Waals surface area contributed by atoms with Crippen molar-refractivity contribution in [3.63, 3.8) is 0 Å². The second kappa shape index (κ2) is 12.3. The summed E-state index contributed by atoms with van der Waals surface area (Å²) in [5.74, 6) is -0.336. The van der Waals surface area contributed by atoms with Crippen molar-refractivity contribution in [2.24, 2.45) is 4.36 Å². The molecule has 1 aliphatic rings. The highest BCUT2D eigenvalue weighted by Gasteiger charge is 2.27. The molecule has 30 heavy (non-hydrogen) atoms. The number of carbonyl (C=O) groups is 2. The average Bonchev–Trinajstić information content (AvgIpc) is 3.52. The lowest BCUT2D eigenvalue weighted by Crippen LogP contribution is -2.42. The SMILES string of the molecule is CCCCCC(CCC(C(=O)NC(=O)NC1CC1)c1ccc(OC)cc1)N=S(=O)=O. The Morgan fingerprint density at radius 3 is 2.40 bits per heavy atom. The summed E-state index contributed by atoms with van der Waals surface area (Å²) in [5.41, 5.74) is 0.739. The van der Waals surface area contributed by atoms with Gasteiger partial charge in [-0.1, -0.05) is 38.3 Å². The lowest BCUT2D eigenvalue weighted by atomic mass is 9.90. The van der Waals surface area contributed by atoms with E-state index in [9.17, 15) is 18.0 Å². The van der Waals surface area contributed by atoms with Crippen LogP contribution in [0.4, 0.5) is 4.79 Å². The summed E-state index contributed by atoms with van der Waals surface area (Å²) in [7, 11) is -0.928. The summed E-state index contributed by atoms with van der Waals surface area (Å²) in [6.07, 6.45) is 6.24. The van der Waals surface area contributed by atoms with Gasteiger partial charge < -0.3 is 10.1 Å². The Hall–Kier alpha value is -2.42. The zero-order chi connectivity index (χ0) is 21.9. The van der Waals surface area contributed by atoms with Crippen molar-refractivity contribution in [2.75, 3.05) is 7.11 Å². The zero-order valence-corrected chi connectivity index (χ0v) is 18.4. The van der Waals surface area contributed by atoms with Crippen molar-refractivity contribution in [3.8, 4) is 5.75 Å². The highest BCUT2D eigenvalue weighted by Crippen LogP contribution is 2.26. The predicted molar refractivity (Wildman–Crippen MR) is 114 cm³/mol. The summed E-state index contributed by atoms with van der Waals surface area (Å²) in [6, 6.07) is 6.37. The standard InChI is InChI=1S/C21H31N3O5S/c1-3-4-5-6-17(24-30(27)28)11-14-19(15-7-12-18(29-2)13-8-15)20(25)23-21(26)22-16-9-10-16/h7-8,12-13,16-17,19H,3-6,9-11,14H2,1-2H3,(H2,22,23,25,26). The number of urea groups is 1. The van der Waals surface area contributed by atoms with Crippen LogP contribution in [0.2, 0.25) is 0 Å². The van der Waals surface area contributed by atoms with Gasteiger partial charge in [-0.3, -0.25) is 10.1 Å². The number of rotatable bonds is 12. The molecule has 2 rings (SSSR count). The molecule has 2 N–H and O–H groups in total. The van der Waals surface area contributed by atoms with Crippen LogP contribution < -0.4 is 15.4 Å². The van der Waals surface area contributed by atoms with Gasteiger partial charge in [0.15, 0.2) is 0 Å². The van der Waals surface area contributed by atoms with Crippen molar-refractivity contribution in [2.45, 2.75) is 76.3 Å². The van der Waals surface area contributed by atoms with Crippen molar-refractivity contribution in [3.05, 3.63) is 29.8 Å². The molecule has 1 aliphatic carbocycles. The normalized spacial score (nSPS) is 15.0. The molecule has 0 saturated heterocycles. The summed E-state index contributed by atoms with van der Waals surface area (Å²) in [5, 5.41) is 5.17. The van der Waals surface area contributed by atoms with E-state index in [-0.39, 0.29) is 12.1 Å². The van der Waals surface area contributed by atoms with E-state index in [0.717, 1.165) is 37.7 Å². The molecule has 0 aliphatic heterocycles. The minimum Gasteiger partial charge on any atom is -0.497 e. The molecule has 2 unspecified atom stereocenters. The van der Waals surface area contributed by atoms with Crippen molar-refractivity contribution >= 4 is 22.4 Å². The van der Waals surface area contributed by atoms with E-state index in [0.29, 0.717) is 25.0 Å². The molecule has 1 aromatic carbocycles. The van der Waals surface area contributed by atoms with Gasteiger partial charge in [-0.25, -0.2) is 4.79 Å². The third-order valence-corrected chi connectivity index (χ3v) is 5.62. The Labute approximate surface area is 179 Å². The number of unbranched alkanes of at least 4 members (excludes halogenated alkanes) is 2. The number of nitrogens with one attached hydrogen (secondary N) is 2. The first-order valence-corrected chi connectivity index (χ1v) is 11.5. The molecule has 0 radical (unpaired) electrons. The molecule has 1 fully saturated rings. The van der Waals surface area contributed by atoms with Gasteiger partial charge in [-0.2, -0.15) is 12.8 Å². The topological polar surface area (TPSA) is 114 Å². The second-order valence-corrected chi connectivity index (χ2v) is 8.26. The number of ether oxygens (including phenoxy) is 1. The van der Waals surface area contributed by atoms with Gasteiger partial charge in [0.05, 0.1) is 19.1 Å². The van der Waals surface area contributed by atoms with E-state index in [2.05, 4.69) is 21.9 Å². The fourth-order valence-corrected chi connectivity index (χ4v) is 3.75. The Morgan fingerprint density at radius 2 is 1.83 bits per heavy atom. The maximum atomic E-state index is 12.9. The Morgan fingerprint density at radius 1 is 1.13 bits per heavy atom.